The fraction of sp³-hybridized carbons (Fsp3) is 0.190. The van der Waals surface area contributed by atoms with Gasteiger partial charge in [-0.2, -0.15) is 0 Å². The molecule has 2 N–H and O–H groups in total. The number of anilines is 1. The van der Waals surface area contributed by atoms with Crippen molar-refractivity contribution in [3.63, 3.8) is 0 Å². The molecule has 2 heterocycles. The molecule has 4 rings (SSSR count). The molecule has 2 aromatic carbocycles. The topological polar surface area (TPSA) is 88.1 Å². The molecule has 0 aliphatic carbocycles. The van der Waals surface area contributed by atoms with Crippen LogP contribution in [0.2, 0.25) is 0 Å². The maximum atomic E-state index is 12.7. The van der Waals surface area contributed by atoms with Crippen molar-refractivity contribution < 1.29 is 24.2 Å². The Morgan fingerprint density at radius 3 is 2.87 bits per heavy atom. The molecular formula is C21H18N2O5S2. The van der Waals surface area contributed by atoms with Crippen LogP contribution in [0.4, 0.5) is 5.69 Å². The Bertz CT molecular complexity index is 1050. The molecule has 0 saturated carbocycles. The number of hydrogen-bond donors (Lipinski definition) is 2. The van der Waals surface area contributed by atoms with E-state index in [2.05, 4.69) is 5.32 Å². The second-order valence-electron chi connectivity index (χ2n) is 6.61. The molecule has 0 aromatic heterocycles. The van der Waals surface area contributed by atoms with E-state index in [4.69, 9.17) is 21.7 Å². The summed E-state index contributed by atoms with van der Waals surface area (Å²) >= 11 is 6.58. The largest absolute Gasteiger partial charge is 0.506 e. The number of rotatable bonds is 6. The first-order valence-electron chi connectivity index (χ1n) is 9.24. The Morgan fingerprint density at radius 1 is 1.23 bits per heavy atom. The molecule has 2 aliphatic heterocycles. The summed E-state index contributed by atoms with van der Waals surface area (Å²) in [7, 11) is 0. The lowest BCUT2D eigenvalue weighted by atomic mass is 10.2. The van der Waals surface area contributed by atoms with Gasteiger partial charge in [-0.05, 0) is 42.3 Å². The van der Waals surface area contributed by atoms with Crippen molar-refractivity contribution >= 4 is 51.9 Å². The van der Waals surface area contributed by atoms with Crippen LogP contribution in [0.1, 0.15) is 18.4 Å². The fourth-order valence-corrected chi connectivity index (χ4v) is 4.35. The molecule has 1 saturated heterocycles. The molecule has 7 nitrogen and oxygen atoms in total. The first-order valence-corrected chi connectivity index (χ1v) is 10.5. The number of carbonyl (C=O) groups excluding carboxylic acids is 2. The van der Waals surface area contributed by atoms with Gasteiger partial charge in [0.25, 0.3) is 5.91 Å². The van der Waals surface area contributed by atoms with Crippen LogP contribution in [0.25, 0.3) is 6.08 Å². The average molecular weight is 443 g/mol. The van der Waals surface area contributed by atoms with E-state index in [1.54, 1.807) is 30.3 Å². The lowest BCUT2D eigenvalue weighted by molar-refractivity contribution is -0.122. The number of aromatic hydroxyl groups is 1. The second kappa shape index (κ2) is 8.76. The van der Waals surface area contributed by atoms with Gasteiger partial charge in [0, 0.05) is 13.0 Å². The zero-order valence-electron chi connectivity index (χ0n) is 15.8. The Balaban J connectivity index is 1.33. The van der Waals surface area contributed by atoms with Gasteiger partial charge in [0.05, 0.1) is 10.6 Å². The number of thioether (sulfide) groups is 1. The van der Waals surface area contributed by atoms with Crippen molar-refractivity contribution in [3.05, 3.63) is 52.9 Å². The molecule has 0 spiro atoms. The van der Waals surface area contributed by atoms with Gasteiger partial charge in [-0.1, -0.05) is 42.2 Å². The number of para-hydroxylation sites is 2. The quantitative estimate of drug-likeness (QED) is 0.400. The van der Waals surface area contributed by atoms with E-state index in [1.165, 1.54) is 22.7 Å². The van der Waals surface area contributed by atoms with Gasteiger partial charge in [0.1, 0.15) is 10.1 Å². The van der Waals surface area contributed by atoms with Crippen molar-refractivity contribution in [3.8, 4) is 17.2 Å². The minimum atomic E-state index is -0.238. The highest BCUT2D eigenvalue weighted by atomic mass is 32.2. The van der Waals surface area contributed by atoms with E-state index in [-0.39, 0.29) is 30.8 Å². The van der Waals surface area contributed by atoms with E-state index in [0.29, 0.717) is 39.4 Å². The summed E-state index contributed by atoms with van der Waals surface area (Å²) in [6.45, 7) is 0.537. The molecule has 2 aliphatic rings. The van der Waals surface area contributed by atoms with E-state index in [0.717, 1.165) is 5.56 Å². The number of thiocarbonyl (C=S) groups is 1. The molecule has 1 fully saturated rings. The van der Waals surface area contributed by atoms with Gasteiger partial charge in [-0.3, -0.25) is 14.5 Å². The van der Waals surface area contributed by atoms with Crippen LogP contribution in [-0.4, -0.2) is 39.5 Å². The molecular weight excluding hydrogens is 424 g/mol. The van der Waals surface area contributed by atoms with E-state index < -0.39 is 0 Å². The number of carbonyl (C=O) groups is 2. The molecule has 9 heteroatoms. The zero-order chi connectivity index (χ0) is 21.1. The summed E-state index contributed by atoms with van der Waals surface area (Å²) in [6, 6.07) is 12.0. The van der Waals surface area contributed by atoms with Crippen LogP contribution < -0.4 is 14.8 Å². The van der Waals surface area contributed by atoms with Crippen molar-refractivity contribution in [2.24, 2.45) is 0 Å². The highest BCUT2D eigenvalue weighted by molar-refractivity contribution is 8.26. The summed E-state index contributed by atoms with van der Waals surface area (Å²) in [4.78, 5) is 26.9. The SMILES string of the molecule is O=C(CCCN1C(=O)/C(=C\c2ccc3c(c2)OCO3)SC1=S)Nc1ccccc1O. The number of phenols is 1. The Kier molecular flexibility index (Phi) is 5.91. The summed E-state index contributed by atoms with van der Waals surface area (Å²) < 4.78 is 11.1. The summed E-state index contributed by atoms with van der Waals surface area (Å²) in [6.07, 6.45) is 2.42. The average Bonchev–Trinajstić information content (AvgIpc) is 3.29. The zero-order valence-corrected chi connectivity index (χ0v) is 17.4. The number of amides is 2. The molecule has 30 heavy (non-hydrogen) atoms. The van der Waals surface area contributed by atoms with Gasteiger partial charge >= 0.3 is 0 Å². The molecule has 0 radical (unpaired) electrons. The molecule has 154 valence electrons. The third-order valence-corrected chi connectivity index (χ3v) is 5.91. The van der Waals surface area contributed by atoms with Crippen LogP contribution in [0.5, 0.6) is 17.2 Å². The van der Waals surface area contributed by atoms with Crippen LogP contribution in [0, 0.1) is 0 Å². The molecule has 2 amide bonds. The third-order valence-electron chi connectivity index (χ3n) is 4.53. The smallest absolute Gasteiger partial charge is 0.266 e. The summed E-state index contributed by atoms with van der Waals surface area (Å²) in [5.74, 6) is 0.926. The third kappa shape index (κ3) is 4.42. The molecule has 2 aromatic rings. The van der Waals surface area contributed by atoms with Crippen molar-refractivity contribution in [1.82, 2.24) is 4.90 Å². The molecule has 0 atom stereocenters. The number of phenolic OH excluding ortho intramolecular Hbond substituents is 1. The number of hydrogen-bond acceptors (Lipinski definition) is 7. The Morgan fingerprint density at radius 2 is 2.03 bits per heavy atom. The predicted molar refractivity (Wildman–Crippen MR) is 118 cm³/mol. The maximum Gasteiger partial charge on any atom is 0.266 e. The van der Waals surface area contributed by atoms with Gasteiger partial charge in [0.15, 0.2) is 11.5 Å². The standard InChI is InChI=1S/C21H18N2O5S2/c24-15-5-2-1-4-14(15)22-19(25)6-3-9-23-20(26)18(30-21(23)29)11-13-7-8-16-17(10-13)28-12-27-16/h1-2,4-5,7-8,10-11,24H,3,6,9,12H2,(H,22,25)/b18-11+. The monoisotopic (exact) mass is 442 g/mol. The highest BCUT2D eigenvalue weighted by Crippen LogP contribution is 2.36. The van der Waals surface area contributed by atoms with E-state index in [1.807, 2.05) is 12.1 Å². The first kappa shape index (κ1) is 20.2. The Hall–Kier alpha value is -3.04. The number of nitrogens with zero attached hydrogens (tertiary/aromatic N) is 1. The van der Waals surface area contributed by atoms with Gasteiger partial charge in [0.2, 0.25) is 12.7 Å². The number of nitrogens with one attached hydrogen (secondary N) is 1. The first-order chi connectivity index (χ1) is 14.5. The van der Waals surface area contributed by atoms with E-state index >= 15 is 0 Å². The fourth-order valence-electron chi connectivity index (χ4n) is 3.04. The predicted octanol–water partition coefficient (Wildman–Crippen LogP) is 3.74. The molecule has 0 unspecified atom stereocenters. The Labute approximate surface area is 182 Å². The number of benzene rings is 2. The second-order valence-corrected chi connectivity index (χ2v) is 8.29. The van der Waals surface area contributed by atoms with Gasteiger partial charge < -0.3 is 19.9 Å². The minimum absolute atomic E-state index is 0.0106. The lowest BCUT2D eigenvalue weighted by Crippen LogP contribution is -2.29. The van der Waals surface area contributed by atoms with Crippen molar-refractivity contribution in [2.75, 3.05) is 18.7 Å². The van der Waals surface area contributed by atoms with Crippen molar-refractivity contribution in [2.45, 2.75) is 12.8 Å². The van der Waals surface area contributed by atoms with Gasteiger partial charge in [-0.25, -0.2) is 0 Å². The van der Waals surface area contributed by atoms with Crippen molar-refractivity contribution in [1.29, 1.82) is 0 Å². The summed E-state index contributed by atoms with van der Waals surface area (Å²) in [5, 5.41) is 12.4. The minimum Gasteiger partial charge on any atom is -0.506 e. The van der Waals surface area contributed by atoms with Gasteiger partial charge in [-0.15, -0.1) is 0 Å². The highest BCUT2D eigenvalue weighted by Gasteiger charge is 2.31. The number of fused-ring (bicyclic) bond motifs is 1. The van der Waals surface area contributed by atoms with Crippen LogP contribution >= 0.6 is 24.0 Å². The van der Waals surface area contributed by atoms with Crippen LogP contribution in [-0.2, 0) is 9.59 Å². The summed E-state index contributed by atoms with van der Waals surface area (Å²) in [5.41, 5.74) is 1.18. The number of ether oxygens (including phenoxy) is 2. The van der Waals surface area contributed by atoms with Crippen LogP contribution in [0.15, 0.2) is 47.4 Å². The normalized spacial score (nSPS) is 16.4. The molecule has 0 bridgehead atoms. The maximum absolute atomic E-state index is 12.7. The lowest BCUT2D eigenvalue weighted by Gasteiger charge is -2.14. The van der Waals surface area contributed by atoms with Crippen LogP contribution in [0.3, 0.4) is 0 Å². The van der Waals surface area contributed by atoms with E-state index in [9.17, 15) is 14.7 Å².